The van der Waals surface area contributed by atoms with Crippen LogP contribution in [0.25, 0.3) is 10.9 Å². The van der Waals surface area contributed by atoms with Gasteiger partial charge in [0.2, 0.25) is 10.0 Å². The number of aromatic nitrogens is 1. The molecule has 7 nitrogen and oxygen atoms in total. The fourth-order valence-electron chi connectivity index (χ4n) is 4.11. The van der Waals surface area contributed by atoms with Gasteiger partial charge in [-0.3, -0.25) is 9.52 Å². The summed E-state index contributed by atoms with van der Waals surface area (Å²) >= 11 is 0. The molecule has 8 heteroatoms. The molecule has 2 aromatic carbocycles. The van der Waals surface area contributed by atoms with Crippen molar-refractivity contribution < 1.29 is 8.42 Å². The first-order chi connectivity index (χ1) is 14.7. The Morgan fingerprint density at radius 3 is 2.32 bits per heavy atom. The number of piperazine rings is 1. The Morgan fingerprint density at radius 2 is 1.68 bits per heavy atom. The number of likely N-dealkylation sites (N-methyl/N-ethyl adjacent to an activating group) is 1. The van der Waals surface area contributed by atoms with Crippen molar-refractivity contribution in [3.05, 3.63) is 70.0 Å². The van der Waals surface area contributed by atoms with E-state index in [4.69, 9.17) is 0 Å². The summed E-state index contributed by atoms with van der Waals surface area (Å²) in [6, 6.07) is 15.7. The molecule has 1 N–H and O–H groups in total. The summed E-state index contributed by atoms with van der Waals surface area (Å²) in [5.74, 6) is 0. The Bertz CT molecular complexity index is 1260. The second-order valence-electron chi connectivity index (χ2n) is 8.29. The van der Waals surface area contributed by atoms with Gasteiger partial charge in [0.1, 0.15) is 5.69 Å². The third-order valence-electron chi connectivity index (χ3n) is 5.68. The van der Waals surface area contributed by atoms with Crippen LogP contribution in [0.4, 0.5) is 11.4 Å². The standard InChI is InChI=1S/C23H28N4O3S/c1-17-9-10-20-19(15-17)22(26-13-11-25(2)12-14-26)21(24-31(3,29)30)23(28)27(20)16-18-7-5-4-6-8-18/h4-10,15,24H,11-14,16H2,1-3H3. The van der Waals surface area contributed by atoms with Gasteiger partial charge in [-0.2, -0.15) is 0 Å². The molecule has 1 fully saturated rings. The molecule has 0 saturated carbocycles. The summed E-state index contributed by atoms with van der Waals surface area (Å²) in [5, 5.41) is 0.881. The Kier molecular flexibility index (Phi) is 5.77. The molecule has 1 saturated heterocycles. The number of nitrogens with zero attached hydrogens (tertiary/aromatic N) is 3. The number of pyridine rings is 1. The van der Waals surface area contributed by atoms with Crippen molar-refractivity contribution in [1.29, 1.82) is 0 Å². The van der Waals surface area contributed by atoms with Crippen molar-refractivity contribution in [3.8, 4) is 0 Å². The van der Waals surface area contributed by atoms with Crippen LogP contribution < -0.4 is 15.2 Å². The zero-order chi connectivity index (χ0) is 22.2. The molecule has 2 heterocycles. The summed E-state index contributed by atoms with van der Waals surface area (Å²) in [7, 11) is -1.58. The smallest absolute Gasteiger partial charge is 0.277 e. The second-order valence-corrected chi connectivity index (χ2v) is 10.0. The first-order valence-electron chi connectivity index (χ1n) is 10.4. The van der Waals surface area contributed by atoms with E-state index in [1.54, 1.807) is 4.57 Å². The molecule has 164 valence electrons. The van der Waals surface area contributed by atoms with Crippen LogP contribution in [-0.2, 0) is 16.6 Å². The van der Waals surface area contributed by atoms with Crippen molar-refractivity contribution in [3.63, 3.8) is 0 Å². The minimum absolute atomic E-state index is 0.126. The highest BCUT2D eigenvalue weighted by molar-refractivity contribution is 7.92. The number of hydrogen-bond donors (Lipinski definition) is 1. The molecule has 31 heavy (non-hydrogen) atoms. The Labute approximate surface area is 183 Å². The maximum absolute atomic E-state index is 13.7. The molecule has 1 aliphatic heterocycles. The lowest BCUT2D eigenvalue weighted by Gasteiger charge is -2.36. The molecule has 0 unspecified atom stereocenters. The van der Waals surface area contributed by atoms with Crippen molar-refractivity contribution in [2.75, 3.05) is 49.1 Å². The van der Waals surface area contributed by atoms with Gasteiger partial charge >= 0.3 is 0 Å². The molecule has 0 atom stereocenters. The minimum Gasteiger partial charge on any atom is -0.367 e. The average molecular weight is 441 g/mol. The fraction of sp³-hybridized carbons (Fsp3) is 0.348. The molecule has 3 aromatic rings. The van der Waals surface area contributed by atoms with Crippen LogP contribution in [0.2, 0.25) is 0 Å². The van der Waals surface area contributed by atoms with E-state index in [9.17, 15) is 13.2 Å². The molecule has 1 aromatic heterocycles. The maximum Gasteiger partial charge on any atom is 0.277 e. The number of fused-ring (bicyclic) bond motifs is 1. The van der Waals surface area contributed by atoms with E-state index < -0.39 is 10.0 Å². The monoisotopic (exact) mass is 440 g/mol. The van der Waals surface area contributed by atoms with Crippen molar-refractivity contribution in [1.82, 2.24) is 9.47 Å². The van der Waals surface area contributed by atoms with E-state index in [0.29, 0.717) is 12.2 Å². The number of nitrogens with one attached hydrogen (secondary N) is 1. The molecular weight excluding hydrogens is 412 g/mol. The van der Waals surface area contributed by atoms with Gasteiger partial charge in [0.05, 0.1) is 24.0 Å². The normalized spacial score (nSPS) is 15.4. The predicted molar refractivity (Wildman–Crippen MR) is 127 cm³/mol. The van der Waals surface area contributed by atoms with E-state index in [-0.39, 0.29) is 11.2 Å². The number of hydrogen-bond acceptors (Lipinski definition) is 5. The van der Waals surface area contributed by atoms with Gasteiger partial charge in [-0.05, 0) is 31.7 Å². The quantitative estimate of drug-likeness (QED) is 0.660. The number of rotatable bonds is 5. The van der Waals surface area contributed by atoms with Crippen LogP contribution in [-0.4, -0.2) is 57.4 Å². The zero-order valence-corrected chi connectivity index (χ0v) is 18.9. The van der Waals surface area contributed by atoms with E-state index >= 15 is 0 Å². The van der Waals surface area contributed by atoms with E-state index in [2.05, 4.69) is 21.6 Å². The van der Waals surface area contributed by atoms with E-state index in [1.165, 1.54) is 0 Å². The lowest BCUT2D eigenvalue weighted by Crippen LogP contribution is -2.45. The lowest BCUT2D eigenvalue weighted by molar-refractivity contribution is 0.313. The first-order valence-corrected chi connectivity index (χ1v) is 12.2. The van der Waals surface area contributed by atoms with Gasteiger partial charge in [0, 0.05) is 31.6 Å². The third kappa shape index (κ3) is 4.60. The van der Waals surface area contributed by atoms with Crippen molar-refractivity contribution in [2.45, 2.75) is 13.5 Å². The summed E-state index contributed by atoms with van der Waals surface area (Å²) in [5.41, 5.74) is 3.29. The van der Waals surface area contributed by atoms with Crippen LogP contribution in [0.15, 0.2) is 53.3 Å². The second kappa shape index (κ2) is 8.36. The van der Waals surface area contributed by atoms with E-state index in [0.717, 1.165) is 54.5 Å². The Balaban J connectivity index is 2.00. The maximum atomic E-state index is 13.7. The van der Waals surface area contributed by atoms with Gasteiger partial charge < -0.3 is 14.4 Å². The molecule has 0 radical (unpaired) electrons. The minimum atomic E-state index is -3.64. The highest BCUT2D eigenvalue weighted by atomic mass is 32.2. The number of aryl methyl sites for hydroxylation is 1. The van der Waals surface area contributed by atoms with Gasteiger partial charge in [-0.15, -0.1) is 0 Å². The molecule has 1 aliphatic rings. The van der Waals surface area contributed by atoms with Crippen LogP contribution in [0.1, 0.15) is 11.1 Å². The van der Waals surface area contributed by atoms with Gasteiger partial charge in [0.25, 0.3) is 5.56 Å². The summed E-state index contributed by atoms with van der Waals surface area (Å²) in [4.78, 5) is 18.0. The SMILES string of the molecule is Cc1ccc2c(c1)c(N1CCN(C)CC1)c(NS(C)(=O)=O)c(=O)n2Cc1ccccc1. The molecular formula is C23H28N4O3S. The topological polar surface area (TPSA) is 74.7 Å². The molecule has 0 aliphatic carbocycles. The highest BCUT2D eigenvalue weighted by Gasteiger charge is 2.25. The van der Waals surface area contributed by atoms with Crippen LogP contribution in [0.3, 0.4) is 0 Å². The van der Waals surface area contributed by atoms with E-state index in [1.807, 2.05) is 55.5 Å². The number of benzene rings is 2. The molecule has 4 rings (SSSR count). The van der Waals surface area contributed by atoms with Crippen molar-refractivity contribution in [2.24, 2.45) is 0 Å². The fourth-order valence-corrected chi connectivity index (χ4v) is 4.67. The summed E-state index contributed by atoms with van der Waals surface area (Å²) in [6.45, 7) is 5.50. The number of sulfonamides is 1. The largest absolute Gasteiger partial charge is 0.367 e. The van der Waals surface area contributed by atoms with Crippen LogP contribution in [0, 0.1) is 6.92 Å². The lowest BCUT2D eigenvalue weighted by atomic mass is 10.1. The molecule has 0 bridgehead atoms. The first kappa shape index (κ1) is 21.4. The number of anilines is 2. The molecule has 0 amide bonds. The zero-order valence-electron chi connectivity index (χ0n) is 18.1. The van der Waals surface area contributed by atoms with Gasteiger partial charge in [0.15, 0.2) is 0 Å². The van der Waals surface area contributed by atoms with Crippen molar-refractivity contribution >= 4 is 32.3 Å². The molecule has 0 spiro atoms. The predicted octanol–water partition coefficient (Wildman–Crippen LogP) is 2.48. The average Bonchev–Trinajstić information content (AvgIpc) is 2.72. The Hall–Kier alpha value is -2.84. The van der Waals surface area contributed by atoms with Gasteiger partial charge in [-0.1, -0.05) is 42.0 Å². The van der Waals surface area contributed by atoms with Gasteiger partial charge in [-0.25, -0.2) is 8.42 Å². The highest BCUT2D eigenvalue weighted by Crippen LogP contribution is 2.34. The Morgan fingerprint density at radius 1 is 1.00 bits per heavy atom. The summed E-state index contributed by atoms with van der Waals surface area (Å²) < 4.78 is 28.7. The van der Waals surface area contributed by atoms with Crippen LogP contribution in [0.5, 0.6) is 0 Å². The van der Waals surface area contributed by atoms with Crippen LogP contribution >= 0.6 is 0 Å². The third-order valence-corrected chi connectivity index (χ3v) is 6.26. The summed E-state index contributed by atoms with van der Waals surface area (Å²) in [6.07, 6.45) is 1.09.